The molecule has 0 atom stereocenters. The minimum atomic E-state index is -0.0320. The lowest BCUT2D eigenvalue weighted by Crippen LogP contribution is -2.07. The first-order valence-corrected chi connectivity index (χ1v) is 8.91. The first-order valence-electron chi connectivity index (χ1n) is 7.92. The number of rotatable bonds is 6. The smallest absolute Gasteiger partial charge is 0.189 e. The third kappa shape index (κ3) is 3.93. The summed E-state index contributed by atoms with van der Waals surface area (Å²) in [4.78, 5) is 36.2. The number of nitrogens with zero attached hydrogens (tertiary/aromatic N) is 2. The Morgan fingerprint density at radius 3 is 2.42 bits per heavy atom. The normalized spacial score (nSPS) is 11.1. The van der Waals surface area contributed by atoms with Crippen molar-refractivity contribution in [3.8, 4) is 0 Å². The number of carbonyl (C=O) groups excluding carboxylic acids is 2. The lowest BCUT2D eigenvalue weighted by Gasteiger charge is -2.07. The monoisotopic (exact) mass is 345 g/mol. The molecule has 0 aliphatic carbocycles. The summed E-state index contributed by atoms with van der Waals surface area (Å²) >= 11 is 1.40. The zero-order valence-electron chi connectivity index (χ0n) is 15.0. The van der Waals surface area contributed by atoms with E-state index in [0.29, 0.717) is 11.3 Å². The van der Waals surface area contributed by atoms with E-state index in [0.717, 1.165) is 27.8 Å². The summed E-state index contributed by atoms with van der Waals surface area (Å²) in [5.41, 5.74) is 3.50. The van der Waals surface area contributed by atoms with Crippen molar-refractivity contribution in [3.05, 3.63) is 40.1 Å². The molecule has 0 radical (unpaired) electrons. The number of ketones is 2. The Morgan fingerprint density at radius 1 is 1.21 bits per heavy atom. The molecule has 2 heterocycles. The van der Waals surface area contributed by atoms with Crippen LogP contribution in [0.15, 0.2) is 11.1 Å². The zero-order valence-corrected chi connectivity index (χ0v) is 15.8. The molecule has 0 aromatic carbocycles. The Hall–Kier alpha value is -1.95. The number of aromatic amines is 1. The van der Waals surface area contributed by atoms with Gasteiger partial charge in [-0.15, -0.1) is 0 Å². The molecule has 0 aliphatic heterocycles. The van der Waals surface area contributed by atoms with Crippen molar-refractivity contribution >= 4 is 23.3 Å². The highest BCUT2D eigenvalue weighted by molar-refractivity contribution is 7.99. The van der Waals surface area contributed by atoms with E-state index in [2.05, 4.69) is 15.0 Å². The van der Waals surface area contributed by atoms with Crippen LogP contribution in [0.25, 0.3) is 0 Å². The van der Waals surface area contributed by atoms with E-state index in [1.807, 2.05) is 40.7 Å². The Morgan fingerprint density at radius 2 is 1.88 bits per heavy atom. The van der Waals surface area contributed by atoms with Gasteiger partial charge in [-0.05, 0) is 39.3 Å². The minimum absolute atomic E-state index is 0.0269. The zero-order chi connectivity index (χ0) is 18.0. The van der Waals surface area contributed by atoms with Crippen molar-refractivity contribution in [2.45, 2.75) is 52.5 Å². The van der Waals surface area contributed by atoms with Crippen LogP contribution in [0.1, 0.15) is 70.3 Å². The molecule has 0 aliphatic rings. The molecule has 24 heavy (non-hydrogen) atoms. The van der Waals surface area contributed by atoms with Crippen LogP contribution in [0.5, 0.6) is 0 Å². The highest BCUT2D eigenvalue weighted by Crippen LogP contribution is 2.23. The summed E-state index contributed by atoms with van der Waals surface area (Å²) in [6.45, 7) is 11.2. The molecule has 0 fully saturated rings. The molecule has 2 rings (SSSR count). The lowest BCUT2D eigenvalue weighted by atomic mass is 10.1. The summed E-state index contributed by atoms with van der Waals surface area (Å²) in [6, 6.07) is 1.89. The van der Waals surface area contributed by atoms with Gasteiger partial charge in [0.2, 0.25) is 0 Å². The SMILES string of the molecule is CC(=O)c1c(C)[nH]c(C(=O)CSc2cc(C)nc(C(C)C)n2)c1C. The van der Waals surface area contributed by atoms with Crippen LogP contribution < -0.4 is 0 Å². The highest BCUT2D eigenvalue weighted by Gasteiger charge is 2.20. The molecule has 0 amide bonds. The van der Waals surface area contributed by atoms with Crippen LogP contribution in [-0.2, 0) is 0 Å². The van der Waals surface area contributed by atoms with Gasteiger partial charge in [0.05, 0.1) is 11.4 Å². The van der Waals surface area contributed by atoms with E-state index in [-0.39, 0.29) is 23.2 Å². The second-order valence-corrected chi connectivity index (χ2v) is 7.25. The molecule has 2 aromatic rings. The number of aryl methyl sites for hydroxylation is 2. The maximum Gasteiger partial charge on any atom is 0.189 e. The van der Waals surface area contributed by atoms with Crippen LogP contribution in [0.4, 0.5) is 0 Å². The van der Waals surface area contributed by atoms with Gasteiger partial charge in [0.15, 0.2) is 11.6 Å². The molecule has 0 unspecified atom stereocenters. The Bertz CT molecular complexity index is 794. The van der Waals surface area contributed by atoms with E-state index in [1.165, 1.54) is 18.7 Å². The van der Waals surface area contributed by atoms with Crippen molar-refractivity contribution in [1.29, 1.82) is 0 Å². The van der Waals surface area contributed by atoms with E-state index >= 15 is 0 Å². The van der Waals surface area contributed by atoms with Gasteiger partial charge in [-0.3, -0.25) is 9.59 Å². The van der Waals surface area contributed by atoms with Gasteiger partial charge in [0, 0.05) is 22.9 Å². The van der Waals surface area contributed by atoms with Crippen molar-refractivity contribution in [2.24, 2.45) is 0 Å². The summed E-state index contributed by atoms with van der Waals surface area (Å²) in [5, 5.41) is 0.798. The van der Waals surface area contributed by atoms with Crippen LogP contribution in [-0.4, -0.2) is 32.3 Å². The van der Waals surface area contributed by atoms with Gasteiger partial charge < -0.3 is 4.98 Å². The van der Waals surface area contributed by atoms with E-state index in [9.17, 15) is 9.59 Å². The Labute approximate surface area is 146 Å². The van der Waals surface area contributed by atoms with Crippen LogP contribution in [0.2, 0.25) is 0 Å². The number of nitrogens with one attached hydrogen (secondary N) is 1. The van der Waals surface area contributed by atoms with Crippen LogP contribution >= 0.6 is 11.8 Å². The summed E-state index contributed by atoms with van der Waals surface area (Å²) in [5.74, 6) is 1.24. The lowest BCUT2D eigenvalue weighted by molar-refractivity contribution is 0.101. The molecule has 0 saturated carbocycles. The van der Waals surface area contributed by atoms with Crippen molar-refractivity contribution < 1.29 is 9.59 Å². The standard InChI is InChI=1S/C18H23N3O2S/c1-9(2)18-19-10(3)7-15(21-18)24-8-14(23)17-11(4)16(13(6)22)12(5)20-17/h7,9,20H,8H2,1-6H3. The fourth-order valence-corrected chi connectivity index (χ4v) is 3.50. The van der Waals surface area contributed by atoms with Gasteiger partial charge >= 0.3 is 0 Å². The van der Waals surface area contributed by atoms with Crippen LogP contribution in [0.3, 0.4) is 0 Å². The van der Waals surface area contributed by atoms with Gasteiger partial charge in [-0.2, -0.15) is 0 Å². The number of Topliss-reactive ketones (excluding diaryl/α,β-unsaturated/α-hetero) is 2. The van der Waals surface area contributed by atoms with Crippen LogP contribution in [0, 0.1) is 20.8 Å². The summed E-state index contributed by atoms with van der Waals surface area (Å²) < 4.78 is 0. The average molecular weight is 345 g/mol. The molecule has 0 bridgehead atoms. The third-order valence-electron chi connectivity index (χ3n) is 3.78. The summed E-state index contributed by atoms with van der Waals surface area (Å²) in [6.07, 6.45) is 0. The topological polar surface area (TPSA) is 75.7 Å². The van der Waals surface area contributed by atoms with Crippen molar-refractivity contribution in [1.82, 2.24) is 15.0 Å². The summed E-state index contributed by atoms with van der Waals surface area (Å²) in [7, 11) is 0. The number of H-pyrrole nitrogens is 1. The molecule has 0 saturated heterocycles. The Balaban J connectivity index is 2.17. The quantitative estimate of drug-likeness (QED) is 0.486. The maximum absolute atomic E-state index is 12.5. The average Bonchev–Trinajstić information content (AvgIpc) is 2.79. The maximum atomic E-state index is 12.5. The number of hydrogen-bond acceptors (Lipinski definition) is 5. The highest BCUT2D eigenvalue weighted by atomic mass is 32.2. The number of hydrogen-bond donors (Lipinski definition) is 1. The van der Waals surface area contributed by atoms with E-state index < -0.39 is 0 Å². The molecule has 6 heteroatoms. The second-order valence-electron chi connectivity index (χ2n) is 6.25. The fourth-order valence-electron chi connectivity index (χ4n) is 2.66. The predicted molar refractivity (Wildman–Crippen MR) is 96.2 cm³/mol. The predicted octanol–water partition coefficient (Wildman–Crippen LogP) is 4.03. The van der Waals surface area contributed by atoms with Gasteiger partial charge in [0.1, 0.15) is 10.9 Å². The van der Waals surface area contributed by atoms with E-state index in [4.69, 9.17) is 0 Å². The molecule has 0 spiro atoms. The van der Waals surface area contributed by atoms with Gasteiger partial charge in [-0.1, -0.05) is 25.6 Å². The van der Waals surface area contributed by atoms with Crippen molar-refractivity contribution in [3.63, 3.8) is 0 Å². The first-order chi connectivity index (χ1) is 11.2. The molecule has 1 N–H and O–H groups in total. The minimum Gasteiger partial charge on any atom is -0.355 e. The van der Waals surface area contributed by atoms with Gasteiger partial charge in [0.25, 0.3) is 0 Å². The number of thioether (sulfide) groups is 1. The molecular formula is C18H23N3O2S. The molecular weight excluding hydrogens is 322 g/mol. The third-order valence-corrected chi connectivity index (χ3v) is 4.70. The van der Waals surface area contributed by atoms with Gasteiger partial charge in [-0.25, -0.2) is 9.97 Å². The first kappa shape index (κ1) is 18.4. The molecule has 128 valence electrons. The number of carbonyl (C=O) groups is 2. The van der Waals surface area contributed by atoms with Crippen molar-refractivity contribution in [2.75, 3.05) is 5.75 Å². The molecule has 5 nitrogen and oxygen atoms in total. The second kappa shape index (κ2) is 7.30. The fraction of sp³-hybridized carbons (Fsp3) is 0.444. The largest absolute Gasteiger partial charge is 0.355 e. The Kier molecular flexibility index (Phi) is 5.59. The molecule has 2 aromatic heterocycles. The van der Waals surface area contributed by atoms with E-state index in [1.54, 1.807) is 0 Å². The number of aromatic nitrogens is 3.